The van der Waals surface area contributed by atoms with Crippen molar-refractivity contribution >= 4 is 11.3 Å². The minimum absolute atomic E-state index is 0.183. The van der Waals surface area contributed by atoms with E-state index in [0.717, 1.165) is 37.8 Å². The first-order valence-electron chi connectivity index (χ1n) is 8.61. The fourth-order valence-electron chi connectivity index (χ4n) is 3.68. The van der Waals surface area contributed by atoms with E-state index < -0.39 is 11.7 Å². The maximum Gasteiger partial charge on any atom is 0.416 e. The zero-order valence-electron chi connectivity index (χ0n) is 14.1. The molecule has 2 nitrogen and oxygen atoms in total. The molecule has 0 N–H and O–H groups in total. The predicted molar refractivity (Wildman–Crippen MR) is 97.1 cm³/mol. The molecule has 3 aromatic rings. The van der Waals surface area contributed by atoms with E-state index in [9.17, 15) is 13.2 Å². The van der Waals surface area contributed by atoms with E-state index in [-0.39, 0.29) is 6.04 Å². The number of hydrogen-bond donors (Lipinski definition) is 0. The van der Waals surface area contributed by atoms with Crippen LogP contribution >= 0.6 is 11.3 Å². The van der Waals surface area contributed by atoms with Crippen molar-refractivity contribution in [2.75, 3.05) is 6.54 Å². The van der Waals surface area contributed by atoms with Crippen molar-refractivity contribution < 1.29 is 13.2 Å². The fraction of sp³-hybridized carbons (Fsp3) is 0.300. The van der Waals surface area contributed by atoms with E-state index in [0.29, 0.717) is 5.56 Å². The average Bonchev–Trinajstić information content (AvgIpc) is 3.24. The Morgan fingerprint density at radius 1 is 1.04 bits per heavy atom. The lowest BCUT2D eigenvalue weighted by atomic mass is 9.99. The first-order chi connectivity index (χ1) is 12.5. The van der Waals surface area contributed by atoms with Crippen LogP contribution in [0, 0.1) is 0 Å². The molecule has 0 radical (unpaired) electrons. The highest BCUT2D eigenvalue weighted by atomic mass is 32.1. The zero-order valence-corrected chi connectivity index (χ0v) is 14.9. The highest BCUT2D eigenvalue weighted by Gasteiger charge is 2.33. The summed E-state index contributed by atoms with van der Waals surface area (Å²) in [5.41, 5.74) is 1.16. The van der Waals surface area contributed by atoms with Gasteiger partial charge in [-0.1, -0.05) is 18.2 Å². The predicted octanol–water partition coefficient (Wildman–Crippen LogP) is 5.56. The molecule has 0 bridgehead atoms. The molecule has 0 fully saturated rings. The summed E-state index contributed by atoms with van der Waals surface area (Å²) in [5.74, 6) is 0. The summed E-state index contributed by atoms with van der Waals surface area (Å²) in [5, 5.41) is 2.04. The van der Waals surface area contributed by atoms with Gasteiger partial charge in [0.15, 0.2) is 0 Å². The lowest BCUT2D eigenvalue weighted by Gasteiger charge is -2.30. The van der Waals surface area contributed by atoms with E-state index in [2.05, 4.69) is 15.5 Å². The molecule has 1 unspecified atom stereocenters. The van der Waals surface area contributed by atoms with Crippen LogP contribution in [0.1, 0.15) is 34.2 Å². The second kappa shape index (κ2) is 6.93. The summed E-state index contributed by atoms with van der Waals surface area (Å²) >= 11 is 1.68. The van der Waals surface area contributed by atoms with Crippen LogP contribution < -0.4 is 0 Å². The average molecular weight is 376 g/mol. The van der Waals surface area contributed by atoms with Crippen molar-refractivity contribution in [2.24, 2.45) is 0 Å². The van der Waals surface area contributed by atoms with Gasteiger partial charge in [-0.05, 0) is 47.7 Å². The number of thiophene rings is 1. The van der Waals surface area contributed by atoms with Crippen LogP contribution in [0.25, 0.3) is 0 Å². The normalized spacial score (nSPS) is 18.5. The Balaban J connectivity index is 1.78. The Morgan fingerprint density at radius 3 is 2.69 bits per heavy atom. The lowest BCUT2D eigenvalue weighted by molar-refractivity contribution is -0.137. The molecule has 1 aliphatic rings. The quantitative estimate of drug-likeness (QED) is 0.581. The van der Waals surface area contributed by atoms with Crippen molar-refractivity contribution in [3.63, 3.8) is 0 Å². The van der Waals surface area contributed by atoms with Crippen LogP contribution in [0.2, 0.25) is 0 Å². The summed E-state index contributed by atoms with van der Waals surface area (Å²) < 4.78 is 41.9. The molecule has 0 aliphatic carbocycles. The van der Waals surface area contributed by atoms with Gasteiger partial charge in [0.1, 0.15) is 0 Å². The van der Waals surface area contributed by atoms with Crippen molar-refractivity contribution in [1.82, 2.24) is 9.47 Å². The molecule has 2 aromatic heterocycles. The van der Waals surface area contributed by atoms with Crippen LogP contribution in [-0.2, 0) is 19.3 Å². The zero-order chi connectivity index (χ0) is 18.1. The van der Waals surface area contributed by atoms with E-state index in [4.69, 9.17) is 0 Å². The monoisotopic (exact) mass is 376 g/mol. The minimum Gasteiger partial charge on any atom is -0.350 e. The molecule has 0 saturated carbocycles. The topological polar surface area (TPSA) is 8.17 Å². The van der Waals surface area contributed by atoms with Crippen LogP contribution in [0.4, 0.5) is 13.2 Å². The van der Waals surface area contributed by atoms with Gasteiger partial charge in [0, 0.05) is 36.4 Å². The molecule has 1 aliphatic heterocycles. The highest BCUT2D eigenvalue weighted by Crippen LogP contribution is 2.36. The van der Waals surface area contributed by atoms with Gasteiger partial charge in [-0.25, -0.2) is 0 Å². The first-order valence-corrected chi connectivity index (χ1v) is 9.49. The summed E-state index contributed by atoms with van der Waals surface area (Å²) in [7, 11) is 0. The molecule has 1 aromatic carbocycles. The molecule has 6 heteroatoms. The fourth-order valence-corrected chi connectivity index (χ4v) is 4.41. The number of aryl methyl sites for hydroxylation is 1. The van der Waals surface area contributed by atoms with Crippen LogP contribution in [-0.4, -0.2) is 16.0 Å². The van der Waals surface area contributed by atoms with Gasteiger partial charge in [0.25, 0.3) is 0 Å². The van der Waals surface area contributed by atoms with Crippen molar-refractivity contribution in [2.45, 2.75) is 31.7 Å². The standard InChI is InChI=1S/C20H19F3N2S/c21-20(22,23)16-6-1-5-15(13-16)19-18-8-2-9-24(18)10-4-11-25(19)14-17-7-3-12-26-17/h1-3,5-9,12-13,19H,4,10-11,14H2. The Hall–Kier alpha value is -2.05. The highest BCUT2D eigenvalue weighted by molar-refractivity contribution is 7.09. The summed E-state index contributed by atoms with van der Waals surface area (Å²) in [6.07, 6.45) is -1.34. The van der Waals surface area contributed by atoms with E-state index in [1.165, 1.54) is 17.0 Å². The van der Waals surface area contributed by atoms with E-state index >= 15 is 0 Å². The van der Waals surface area contributed by atoms with Gasteiger partial charge in [-0.2, -0.15) is 13.2 Å². The number of aromatic nitrogens is 1. The first kappa shape index (κ1) is 17.4. The van der Waals surface area contributed by atoms with Gasteiger partial charge in [-0.15, -0.1) is 11.3 Å². The molecular formula is C20H19F3N2S. The molecule has 4 rings (SSSR count). The smallest absolute Gasteiger partial charge is 0.350 e. The number of halogens is 3. The summed E-state index contributed by atoms with van der Waals surface area (Å²) in [4.78, 5) is 3.52. The molecule has 26 heavy (non-hydrogen) atoms. The number of alkyl halides is 3. The lowest BCUT2D eigenvalue weighted by Crippen LogP contribution is -2.29. The van der Waals surface area contributed by atoms with Gasteiger partial charge in [-0.3, -0.25) is 4.90 Å². The van der Waals surface area contributed by atoms with E-state index in [1.54, 1.807) is 11.3 Å². The molecule has 0 amide bonds. The Labute approximate surface area is 154 Å². The maximum absolute atomic E-state index is 13.2. The minimum atomic E-state index is -4.33. The maximum atomic E-state index is 13.2. The number of nitrogens with zero attached hydrogens (tertiary/aromatic N) is 2. The van der Waals surface area contributed by atoms with Crippen molar-refractivity contribution in [3.8, 4) is 0 Å². The second-order valence-corrected chi connectivity index (χ2v) is 7.59. The molecule has 136 valence electrons. The molecule has 0 saturated heterocycles. The Bertz CT molecular complexity index is 867. The van der Waals surface area contributed by atoms with Crippen LogP contribution in [0.5, 0.6) is 0 Å². The van der Waals surface area contributed by atoms with Crippen molar-refractivity contribution in [3.05, 3.63) is 81.8 Å². The van der Waals surface area contributed by atoms with Crippen molar-refractivity contribution in [1.29, 1.82) is 0 Å². The summed E-state index contributed by atoms with van der Waals surface area (Å²) in [6, 6.07) is 13.7. The second-order valence-electron chi connectivity index (χ2n) is 6.56. The Kier molecular flexibility index (Phi) is 4.63. The molecule has 3 heterocycles. The number of benzene rings is 1. The number of hydrogen-bond acceptors (Lipinski definition) is 2. The Morgan fingerprint density at radius 2 is 1.92 bits per heavy atom. The third-order valence-electron chi connectivity index (χ3n) is 4.82. The molecule has 0 spiro atoms. The van der Waals surface area contributed by atoms with Gasteiger partial charge < -0.3 is 4.57 Å². The third kappa shape index (κ3) is 3.44. The van der Waals surface area contributed by atoms with Gasteiger partial charge in [0.05, 0.1) is 11.6 Å². The summed E-state index contributed by atoms with van der Waals surface area (Å²) in [6.45, 7) is 2.48. The number of fused-ring (bicyclic) bond motifs is 1. The van der Waals surface area contributed by atoms with Crippen LogP contribution in [0.3, 0.4) is 0 Å². The third-order valence-corrected chi connectivity index (χ3v) is 5.68. The SMILES string of the molecule is FC(F)(F)c1cccc(C2c3cccn3CCCN2Cc2cccs2)c1. The van der Waals surface area contributed by atoms with Gasteiger partial charge in [0.2, 0.25) is 0 Å². The van der Waals surface area contributed by atoms with Crippen LogP contribution in [0.15, 0.2) is 60.1 Å². The number of rotatable bonds is 3. The molecule has 1 atom stereocenters. The molecular weight excluding hydrogens is 357 g/mol. The van der Waals surface area contributed by atoms with Gasteiger partial charge >= 0.3 is 6.18 Å². The largest absolute Gasteiger partial charge is 0.416 e. The van der Waals surface area contributed by atoms with E-state index in [1.807, 2.05) is 35.8 Å².